The first-order valence-electron chi connectivity index (χ1n) is 3.41. The van der Waals surface area contributed by atoms with E-state index in [1.54, 1.807) is 6.07 Å². The minimum Gasteiger partial charge on any atom is -0.478 e. The van der Waals surface area contributed by atoms with Gasteiger partial charge >= 0.3 is 5.97 Å². The van der Waals surface area contributed by atoms with Gasteiger partial charge in [-0.25, -0.2) is 9.78 Å². The van der Waals surface area contributed by atoms with E-state index in [1.807, 2.05) is 22.6 Å². The molecule has 13 heavy (non-hydrogen) atoms. The number of pyridine rings is 1. The van der Waals surface area contributed by atoms with Crippen LogP contribution in [-0.4, -0.2) is 26.3 Å². The third-order valence-corrected chi connectivity index (χ3v) is 2.43. The molecule has 0 aliphatic heterocycles. The van der Waals surface area contributed by atoms with Crippen LogP contribution in [-0.2, 0) is 0 Å². The summed E-state index contributed by atoms with van der Waals surface area (Å²) >= 11 is 2.04. The van der Waals surface area contributed by atoms with E-state index < -0.39 is 5.97 Å². The Labute approximate surface area is 86.3 Å². The molecule has 0 unspecified atom stereocenters. The van der Waals surface area contributed by atoms with Crippen molar-refractivity contribution in [2.75, 3.05) is 0 Å². The summed E-state index contributed by atoms with van der Waals surface area (Å²) in [5.74, 6) is -0.980. The van der Waals surface area contributed by atoms with E-state index in [0.717, 1.165) is 9.09 Å². The van der Waals surface area contributed by atoms with Crippen molar-refractivity contribution in [1.82, 2.24) is 15.2 Å². The van der Waals surface area contributed by atoms with Crippen molar-refractivity contribution in [1.29, 1.82) is 0 Å². The number of halogens is 1. The first kappa shape index (κ1) is 8.42. The van der Waals surface area contributed by atoms with Gasteiger partial charge in [0.1, 0.15) is 3.70 Å². The standard InChI is InChI=1S/C7H4IN3O2/c8-5-4-1-3(7(12)13)2-9-6(4)11-10-5/h1-2H,(H,12,13)(H,9,10,11). The third-order valence-electron chi connectivity index (χ3n) is 1.61. The second-order valence-corrected chi connectivity index (χ2v) is 3.52. The minimum atomic E-state index is -0.980. The lowest BCUT2D eigenvalue weighted by Crippen LogP contribution is -1.96. The number of fused-ring (bicyclic) bond motifs is 1. The first-order chi connectivity index (χ1) is 6.18. The molecular weight excluding hydrogens is 285 g/mol. The number of nitrogens with one attached hydrogen (secondary N) is 1. The highest BCUT2D eigenvalue weighted by Crippen LogP contribution is 2.16. The molecule has 0 amide bonds. The van der Waals surface area contributed by atoms with Crippen LogP contribution in [0.5, 0.6) is 0 Å². The van der Waals surface area contributed by atoms with Gasteiger partial charge < -0.3 is 5.11 Å². The molecule has 0 aromatic carbocycles. The van der Waals surface area contributed by atoms with Gasteiger partial charge in [-0.15, -0.1) is 0 Å². The predicted molar refractivity (Wildman–Crippen MR) is 53.6 cm³/mol. The molecular formula is C7H4IN3O2. The van der Waals surface area contributed by atoms with E-state index in [0.29, 0.717) is 5.65 Å². The molecule has 0 spiro atoms. The quantitative estimate of drug-likeness (QED) is 0.775. The zero-order chi connectivity index (χ0) is 9.42. The number of carbonyl (C=O) groups is 1. The van der Waals surface area contributed by atoms with E-state index in [1.165, 1.54) is 6.20 Å². The molecule has 0 aliphatic carbocycles. The van der Waals surface area contributed by atoms with Crippen LogP contribution in [0.2, 0.25) is 0 Å². The monoisotopic (exact) mass is 289 g/mol. The van der Waals surface area contributed by atoms with E-state index in [4.69, 9.17) is 5.11 Å². The van der Waals surface area contributed by atoms with Crippen molar-refractivity contribution < 1.29 is 9.90 Å². The molecule has 0 fully saturated rings. The van der Waals surface area contributed by atoms with Crippen LogP contribution in [0.3, 0.4) is 0 Å². The second-order valence-electron chi connectivity index (χ2n) is 2.44. The number of carboxylic acids is 1. The van der Waals surface area contributed by atoms with Crippen molar-refractivity contribution in [3.8, 4) is 0 Å². The smallest absolute Gasteiger partial charge is 0.337 e. The number of nitrogens with zero attached hydrogens (tertiary/aromatic N) is 2. The highest BCUT2D eigenvalue weighted by atomic mass is 127. The Morgan fingerprint density at radius 3 is 3.08 bits per heavy atom. The average Bonchev–Trinajstić information content (AvgIpc) is 2.47. The second kappa shape index (κ2) is 2.95. The highest BCUT2D eigenvalue weighted by Gasteiger charge is 2.08. The fourth-order valence-corrected chi connectivity index (χ4v) is 1.50. The van der Waals surface area contributed by atoms with Crippen LogP contribution >= 0.6 is 22.6 Å². The van der Waals surface area contributed by atoms with Gasteiger partial charge in [-0.2, -0.15) is 5.10 Å². The molecule has 0 aliphatic rings. The Morgan fingerprint density at radius 2 is 2.38 bits per heavy atom. The lowest BCUT2D eigenvalue weighted by molar-refractivity contribution is 0.0696. The number of aromatic amines is 1. The summed E-state index contributed by atoms with van der Waals surface area (Å²) in [6, 6.07) is 1.55. The van der Waals surface area contributed by atoms with Crippen LogP contribution in [0.1, 0.15) is 10.4 Å². The van der Waals surface area contributed by atoms with Crippen molar-refractivity contribution in [3.63, 3.8) is 0 Å². The Balaban J connectivity index is 2.72. The molecule has 0 saturated heterocycles. The number of aromatic nitrogens is 3. The van der Waals surface area contributed by atoms with Crippen LogP contribution in [0.25, 0.3) is 11.0 Å². The highest BCUT2D eigenvalue weighted by molar-refractivity contribution is 14.1. The molecule has 0 atom stereocenters. The van der Waals surface area contributed by atoms with Crippen LogP contribution < -0.4 is 0 Å². The predicted octanol–water partition coefficient (Wildman–Crippen LogP) is 1.26. The molecule has 2 heterocycles. The van der Waals surface area contributed by atoms with Gasteiger partial charge in [0.25, 0.3) is 0 Å². The Kier molecular flexibility index (Phi) is 1.91. The van der Waals surface area contributed by atoms with E-state index in [-0.39, 0.29) is 5.56 Å². The summed E-state index contributed by atoms with van der Waals surface area (Å²) in [6.07, 6.45) is 1.29. The molecule has 2 aromatic rings. The van der Waals surface area contributed by atoms with Crippen molar-refractivity contribution in [2.24, 2.45) is 0 Å². The normalized spacial score (nSPS) is 10.5. The topological polar surface area (TPSA) is 78.9 Å². The van der Waals surface area contributed by atoms with Gasteiger partial charge in [-0.05, 0) is 28.7 Å². The summed E-state index contributed by atoms with van der Waals surface area (Å²) in [5.41, 5.74) is 0.709. The lowest BCUT2D eigenvalue weighted by Gasteiger charge is -1.92. The van der Waals surface area contributed by atoms with Gasteiger partial charge in [0.2, 0.25) is 0 Å². The third kappa shape index (κ3) is 1.37. The van der Waals surface area contributed by atoms with Crippen LogP contribution in [0, 0.1) is 3.70 Å². The Hall–Kier alpha value is -1.18. The van der Waals surface area contributed by atoms with E-state index >= 15 is 0 Å². The van der Waals surface area contributed by atoms with Crippen molar-refractivity contribution in [2.45, 2.75) is 0 Å². The fourth-order valence-electron chi connectivity index (χ4n) is 0.987. The molecule has 2 rings (SSSR count). The maximum Gasteiger partial charge on any atom is 0.337 e. The van der Waals surface area contributed by atoms with E-state index in [2.05, 4.69) is 15.2 Å². The van der Waals surface area contributed by atoms with Crippen molar-refractivity contribution >= 4 is 39.6 Å². The maximum atomic E-state index is 10.6. The minimum absolute atomic E-state index is 0.173. The summed E-state index contributed by atoms with van der Waals surface area (Å²) < 4.78 is 0.795. The van der Waals surface area contributed by atoms with Gasteiger partial charge in [0, 0.05) is 6.20 Å². The zero-order valence-corrected chi connectivity index (χ0v) is 8.44. The number of rotatable bonds is 1. The van der Waals surface area contributed by atoms with Crippen LogP contribution in [0.4, 0.5) is 0 Å². The number of aromatic carboxylic acids is 1. The molecule has 0 radical (unpaired) electrons. The summed E-state index contributed by atoms with van der Waals surface area (Å²) in [7, 11) is 0. The number of H-pyrrole nitrogens is 1. The number of carboxylic acid groups (broad SMARTS) is 1. The summed E-state index contributed by atoms with van der Waals surface area (Å²) in [6.45, 7) is 0. The fraction of sp³-hybridized carbons (Fsp3) is 0. The largest absolute Gasteiger partial charge is 0.478 e. The maximum absolute atomic E-state index is 10.6. The zero-order valence-electron chi connectivity index (χ0n) is 6.28. The lowest BCUT2D eigenvalue weighted by atomic mass is 10.2. The summed E-state index contributed by atoms with van der Waals surface area (Å²) in [5, 5.41) is 16.0. The Bertz CT molecular complexity index is 480. The SMILES string of the molecule is O=C(O)c1cnc2n[nH]c(I)c2c1. The first-order valence-corrected chi connectivity index (χ1v) is 4.49. The molecule has 5 nitrogen and oxygen atoms in total. The Morgan fingerprint density at radius 1 is 1.62 bits per heavy atom. The van der Waals surface area contributed by atoms with E-state index in [9.17, 15) is 4.79 Å². The van der Waals surface area contributed by atoms with Gasteiger partial charge in [-0.3, -0.25) is 5.10 Å². The van der Waals surface area contributed by atoms with Crippen molar-refractivity contribution in [3.05, 3.63) is 21.5 Å². The van der Waals surface area contributed by atoms with Gasteiger partial charge in [-0.1, -0.05) is 0 Å². The van der Waals surface area contributed by atoms with Gasteiger partial charge in [0.05, 0.1) is 10.9 Å². The molecule has 2 N–H and O–H groups in total. The number of hydrogen-bond donors (Lipinski definition) is 2. The summed E-state index contributed by atoms with van der Waals surface area (Å²) in [4.78, 5) is 14.5. The van der Waals surface area contributed by atoms with Crippen LogP contribution in [0.15, 0.2) is 12.3 Å². The van der Waals surface area contributed by atoms with Gasteiger partial charge in [0.15, 0.2) is 5.65 Å². The molecule has 2 aromatic heterocycles. The molecule has 6 heteroatoms. The molecule has 66 valence electrons. The average molecular weight is 289 g/mol. The number of hydrogen-bond acceptors (Lipinski definition) is 3. The molecule has 0 saturated carbocycles. The molecule has 0 bridgehead atoms.